The molecule has 2 heteroatoms. The van der Waals surface area contributed by atoms with E-state index in [-0.39, 0.29) is 0 Å². The van der Waals surface area contributed by atoms with E-state index < -0.39 is 0 Å². The molecule has 1 atom stereocenters. The Kier molecular flexibility index (Phi) is 3.53. The summed E-state index contributed by atoms with van der Waals surface area (Å²) in [7, 11) is 1.76. The number of hydrogen-bond acceptors (Lipinski definition) is 2. The molecule has 12 heavy (non-hydrogen) atoms. The van der Waals surface area contributed by atoms with Crippen LogP contribution >= 0.6 is 0 Å². The molecule has 1 fully saturated rings. The first kappa shape index (κ1) is 10.0. The van der Waals surface area contributed by atoms with E-state index in [9.17, 15) is 0 Å². The zero-order chi connectivity index (χ0) is 9.03. The first-order chi connectivity index (χ1) is 5.72. The van der Waals surface area contributed by atoms with Crippen LogP contribution < -0.4 is 5.32 Å². The summed E-state index contributed by atoms with van der Waals surface area (Å²) in [6.45, 7) is 6.54. The molecule has 2 nitrogen and oxygen atoms in total. The molecule has 0 aliphatic heterocycles. The highest BCUT2D eigenvalue weighted by Gasteiger charge is 2.39. The van der Waals surface area contributed by atoms with Gasteiger partial charge in [0.2, 0.25) is 0 Å². The Bertz CT molecular complexity index is 132. The van der Waals surface area contributed by atoms with E-state index in [2.05, 4.69) is 19.2 Å². The van der Waals surface area contributed by atoms with Crippen LogP contribution in [-0.2, 0) is 4.74 Å². The van der Waals surface area contributed by atoms with E-state index in [1.165, 1.54) is 25.8 Å². The van der Waals surface area contributed by atoms with Gasteiger partial charge in [-0.3, -0.25) is 0 Å². The van der Waals surface area contributed by atoms with Crippen LogP contribution in [0.2, 0.25) is 0 Å². The average Bonchev–Trinajstić information content (AvgIpc) is 2.85. The summed E-state index contributed by atoms with van der Waals surface area (Å²) in [5.74, 6) is 0. The maximum absolute atomic E-state index is 5.16. The fraction of sp³-hybridized carbons (Fsp3) is 1.00. The third-order valence-electron chi connectivity index (χ3n) is 3.04. The van der Waals surface area contributed by atoms with E-state index in [4.69, 9.17) is 4.74 Å². The van der Waals surface area contributed by atoms with E-state index in [0.717, 1.165) is 6.54 Å². The second kappa shape index (κ2) is 4.24. The van der Waals surface area contributed by atoms with Crippen LogP contribution in [0.3, 0.4) is 0 Å². The fourth-order valence-electron chi connectivity index (χ4n) is 1.46. The van der Waals surface area contributed by atoms with Gasteiger partial charge in [-0.15, -0.1) is 0 Å². The molecule has 1 unspecified atom stereocenters. The molecular weight excluding hydrogens is 150 g/mol. The van der Waals surface area contributed by atoms with Gasteiger partial charge in [-0.05, 0) is 31.6 Å². The molecule has 0 amide bonds. The van der Waals surface area contributed by atoms with Gasteiger partial charge in [0.1, 0.15) is 0 Å². The summed E-state index contributed by atoms with van der Waals surface area (Å²) in [5.41, 5.74) is 0.660. The van der Waals surface area contributed by atoms with Gasteiger partial charge in [0.05, 0.1) is 6.10 Å². The number of methoxy groups -OCH3 is 1. The van der Waals surface area contributed by atoms with Crippen molar-refractivity contribution in [3.63, 3.8) is 0 Å². The van der Waals surface area contributed by atoms with Crippen molar-refractivity contribution in [1.82, 2.24) is 5.32 Å². The minimum atomic E-state index is 0.345. The maximum Gasteiger partial charge on any atom is 0.0667 e. The molecule has 0 bridgehead atoms. The lowest BCUT2D eigenvalue weighted by atomic mass is 10.0. The van der Waals surface area contributed by atoms with Crippen LogP contribution in [0.1, 0.15) is 33.1 Å². The number of ether oxygens (including phenoxy) is 1. The van der Waals surface area contributed by atoms with Crippen molar-refractivity contribution in [2.75, 3.05) is 20.2 Å². The van der Waals surface area contributed by atoms with E-state index in [1.54, 1.807) is 7.11 Å². The minimum absolute atomic E-state index is 0.345. The molecule has 0 spiro atoms. The Labute approximate surface area is 75.7 Å². The third kappa shape index (κ3) is 2.76. The molecular formula is C10H21NO. The Morgan fingerprint density at radius 1 is 1.50 bits per heavy atom. The molecule has 0 heterocycles. The highest BCUT2D eigenvalue weighted by atomic mass is 16.5. The second-order valence-electron chi connectivity index (χ2n) is 4.03. The molecule has 1 rings (SSSR count). The number of hydrogen-bond donors (Lipinski definition) is 1. The van der Waals surface area contributed by atoms with E-state index in [1.807, 2.05) is 0 Å². The largest absolute Gasteiger partial charge is 0.380 e. The summed E-state index contributed by atoms with van der Waals surface area (Å²) in [4.78, 5) is 0. The van der Waals surface area contributed by atoms with Crippen molar-refractivity contribution in [1.29, 1.82) is 0 Å². The third-order valence-corrected chi connectivity index (χ3v) is 3.04. The first-order valence-electron chi connectivity index (χ1n) is 4.96. The zero-order valence-corrected chi connectivity index (χ0v) is 8.52. The van der Waals surface area contributed by atoms with Crippen LogP contribution in [0.15, 0.2) is 0 Å². The maximum atomic E-state index is 5.16. The molecule has 1 saturated carbocycles. The normalized spacial score (nSPS) is 22.2. The highest BCUT2D eigenvalue weighted by molar-refractivity contribution is 4.93. The van der Waals surface area contributed by atoms with Crippen molar-refractivity contribution in [3.05, 3.63) is 0 Å². The Morgan fingerprint density at radius 3 is 2.58 bits per heavy atom. The van der Waals surface area contributed by atoms with Crippen molar-refractivity contribution < 1.29 is 4.74 Å². The standard InChI is InChI=1S/C10H21NO/c1-4-10(5-6-10)8-11-7-9(2)12-3/h9,11H,4-8H2,1-3H3. The van der Waals surface area contributed by atoms with Gasteiger partial charge in [0.15, 0.2) is 0 Å². The van der Waals surface area contributed by atoms with Crippen LogP contribution in [0.25, 0.3) is 0 Å². The molecule has 1 aliphatic carbocycles. The lowest BCUT2D eigenvalue weighted by Gasteiger charge is -2.15. The Hall–Kier alpha value is -0.0800. The lowest BCUT2D eigenvalue weighted by Crippen LogP contribution is -2.31. The first-order valence-corrected chi connectivity index (χ1v) is 4.96. The van der Waals surface area contributed by atoms with Gasteiger partial charge in [0, 0.05) is 20.2 Å². The molecule has 0 aromatic carbocycles. The van der Waals surface area contributed by atoms with Crippen molar-refractivity contribution in [3.8, 4) is 0 Å². The van der Waals surface area contributed by atoms with Gasteiger partial charge in [-0.1, -0.05) is 6.92 Å². The summed E-state index contributed by atoms with van der Waals surface area (Å²) in [6, 6.07) is 0. The fourth-order valence-corrected chi connectivity index (χ4v) is 1.46. The van der Waals surface area contributed by atoms with Gasteiger partial charge < -0.3 is 10.1 Å². The summed E-state index contributed by atoms with van der Waals surface area (Å²) >= 11 is 0. The smallest absolute Gasteiger partial charge is 0.0667 e. The van der Waals surface area contributed by atoms with Gasteiger partial charge in [-0.2, -0.15) is 0 Å². The predicted octanol–water partition coefficient (Wildman–Crippen LogP) is 1.80. The lowest BCUT2D eigenvalue weighted by molar-refractivity contribution is 0.115. The Morgan fingerprint density at radius 2 is 2.17 bits per heavy atom. The summed E-state index contributed by atoms with van der Waals surface area (Å²) in [6.07, 6.45) is 4.49. The van der Waals surface area contributed by atoms with E-state index in [0.29, 0.717) is 11.5 Å². The Balaban J connectivity index is 2.02. The quantitative estimate of drug-likeness (QED) is 0.658. The van der Waals surface area contributed by atoms with Crippen LogP contribution in [-0.4, -0.2) is 26.3 Å². The van der Waals surface area contributed by atoms with Crippen molar-refractivity contribution in [2.45, 2.75) is 39.2 Å². The van der Waals surface area contributed by atoms with Gasteiger partial charge in [-0.25, -0.2) is 0 Å². The number of rotatable bonds is 6. The van der Waals surface area contributed by atoms with Crippen molar-refractivity contribution >= 4 is 0 Å². The summed E-state index contributed by atoms with van der Waals surface area (Å²) in [5, 5.41) is 3.46. The molecule has 0 aromatic rings. The molecule has 72 valence electrons. The molecule has 0 radical (unpaired) electrons. The van der Waals surface area contributed by atoms with Gasteiger partial charge in [0.25, 0.3) is 0 Å². The van der Waals surface area contributed by atoms with Crippen molar-refractivity contribution in [2.24, 2.45) is 5.41 Å². The van der Waals surface area contributed by atoms with Crippen LogP contribution in [0.4, 0.5) is 0 Å². The molecule has 0 saturated heterocycles. The monoisotopic (exact) mass is 171 g/mol. The van der Waals surface area contributed by atoms with E-state index >= 15 is 0 Å². The number of nitrogens with one attached hydrogen (secondary N) is 1. The molecule has 0 aromatic heterocycles. The van der Waals surface area contributed by atoms with Crippen LogP contribution in [0, 0.1) is 5.41 Å². The topological polar surface area (TPSA) is 21.3 Å². The predicted molar refractivity (Wildman–Crippen MR) is 51.3 cm³/mol. The highest BCUT2D eigenvalue weighted by Crippen LogP contribution is 2.47. The molecule has 1 N–H and O–H groups in total. The summed E-state index contributed by atoms with van der Waals surface area (Å²) < 4.78 is 5.16. The zero-order valence-electron chi connectivity index (χ0n) is 8.52. The average molecular weight is 171 g/mol. The van der Waals surface area contributed by atoms with Gasteiger partial charge >= 0.3 is 0 Å². The second-order valence-corrected chi connectivity index (χ2v) is 4.03. The SMILES string of the molecule is CCC1(CNCC(C)OC)CC1. The minimum Gasteiger partial charge on any atom is -0.380 e. The van der Waals surface area contributed by atoms with Crippen LogP contribution in [0.5, 0.6) is 0 Å². The molecule has 1 aliphatic rings.